The normalized spacial score (nSPS) is 9.67. The van der Waals surface area contributed by atoms with Crippen molar-refractivity contribution in [1.29, 1.82) is 0 Å². The van der Waals surface area contributed by atoms with Crippen LogP contribution in [0.1, 0.15) is 13.8 Å². The lowest BCUT2D eigenvalue weighted by molar-refractivity contribution is 1.21. The Bertz CT molecular complexity index is 468. The second kappa shape index (κ2) is 5.45. The minimum absolute atomic E-state index is 0.0970. The molecule has 0 aromatic carbocycles. The highest BCUT2D eigenvalue weighted by atomic mass is 35.5. The molecule has 3 nitrogen and oxygen atoms in total. The van der Waals surface area contributed by atoms with E-state index in [1.807, 2.05) is 13.8 Å². The topological polar surface area (TPSA) is 38.7 Å². The summed E-state index contributed by atoms with van der Waals surface area (Å²) < 4.78 is 0. The fraction of sp³-hybridized carbons (Fsp3) is 0.222. The van der Waals surface area contributed by atoms with Gasteiger partial charge in [-0.1, -0.05) is 37.0 Å². The van der Waals surface area contributed by atoms with Gasteiger partial charge >= 0.3 is 0 Å². The summed E-state index contributed by atoms with van der Waals surface area (Å²) in [6.07, 6.45) is 1.51. The van der Waals surface area contributed by atoms with E-state index in [9.17, 15) is 0 Å². The molecule has 0 bridgehead atoms. The SMILES string of the molecule is CC.Clc1cc2nc(Cl)nc(Cl)c2cn1. The largest absolute Gasteiger partial charge is 0.244 e. The number of hydrogen-bond donors (Lipinski definition) is 0. The van der Waals surface area contributed by atoms with Crippen molar-refractivity contribution in [3.8, 4) is 0 Å². The van der Waals surface area contributed by atoms with Crippen molar-refractivity contribution in [2.45, 2.75) is 13.8 Å². The minimum atomic E-state index is 0.0970. The summed E-state index contributed by atoms with van der Waals surface area (Å²) in [5.41, 5.74) is 0.588. The average Bonchev–Trinajstić information content (AvgIpc) is 2.19. The molecular formula is C9H8Cl3N3. The summed E-state index contributed by atoms with van der Waals surface area (Å²) in [5.74, 6) is 0. The van der Waals surface area contributed by atoms with Crippen LogP contribution in [0.3, 0.4) is 0 Å². The Labute approximate surface area is 102 Å². The quantitative estimate of drug-likeness (QED) is 0.410. The lowest BCUT2D eigenvalue weighted by Crippen LogP contribution is -1.87. The summed E-state index contributed by atoms with van der Waals surface area (Å²) in [4.78, 5) is 11.6. The molecule has 0 spiro atoms. The molecule has 2 aromatic rings. The van der Waals surface area contributed by atoms with Gasteiger partial charge in [0.05, 0.1) is 10.9 Å². The first-order valence-corrected chi connectivity index (χ1v) is 5.44. The van der Waals surface area contributed by atoms with E-state index in [1.165, 1.54) is 6.20 Å². The van der Waals surface area contributed by atoms with Gasteiger partial charge in [0, 0.05) is 12.3 Å². The molecule has 80 valence electrons. The molecule has 0 aliphatic rings. The number of pyridine rings is 1. The third kappa shape index (κ3) is 2.91. The van der Waals surface area contributed by atoms with Crippen molar-refractivity contribution in [3.05, 3.63) is 27.9 Å². The van der Waals surface area contributed by atoms with Crippen LogP contribution in [0.5, 0.6) is 0 Å². The molecule has 0 unspecified atom stereocenters. The van der Waals surface area contributed by atoms with Crippen molar-refractivity contribution in [3.63, 3.8) is 0 Å². The van der Waals surface area contributed by atoms with Crippen LogP contribution in [-0.4, -0.2) is 15.0 Å². The van der Waals surface area contributed by atoms with Gasteiger partial charge in [-0.05, 0) is 11.6 Å². The highest BCUT2D eigenvalue weighted by Crippen LogP contribution is 2.22. The summed E-state index contributed by atoms with van der Waals surface area (Å²) in [5, 5.41) is 1.35. The average molecular weight is 265 g/mol. The number of halogens is 3. The first kappa shape index (κ1) is 12.4. The van der Waals surface area contributed by atoms with E-state index in [1.54, 1.807) is 6.07 Å². The van der Waals surface area contributed by atoms with E-state index >= 15 is 0 Å². The predicted octanol–water partition coefficient (Wildman–Crippen LogP) is 4.01. The molecule has 0 fully saturated rings. The van der Waals surface area contributed by atoms with E-state index in [4.69, 9.17) is 34.8 Å². The standard InChI is InChI=1S/C7H2Cl3N3.C2H6/c8-5-1-4-3(2-11-5)6(9)13-7(10)12-4;1-2/h1-2H;1-2H3. The van der Waals surface area contributed by atoms with E-state index in [-0.39, 0.29) is 10.4 Å². The van der Waals surface area contributed by atoms with E-state index in [0.717, 1.165) is 0 Å². The Morgan fingerprint density at radius 3 is 2.40 bits per heavy atom. The molecule has 2 rings (SSSR count). The van der Waals surface area contributed by atoms with Gasteiger partial charge in [-0.2, -0.15) is 0 Å². The molecule has 6 heteroatoms. The van der Waals surface area contributed by atoms with Crippen LogP contribution >= 0.6 is 34.8 Å². The molecule has 0 aliphatic heterocycles. The lowest BCUT2D eigenvalue weighted by atomic mass is 10.3. The Hall–Kier alpha value is -0.640. The summed E-state index contributed by atoms with van der Waals surface area (Å²) in [6, 6.07) is 1.58. The Balaban J connectivity index is 0.000000531. The van der Waals surface area contributed by atoms with E-state index in [0.29, 0.717) is 16.1 Å². The molecule has 0 N–H and O–H groups in total. The van der Waals surface area contributed by atoms with Gasteiger partial charge < -0.3 is 0 Å². The van der Waals surface area contributed by atoms with Crippen LogP contribution in [0.4, 0.5) is 0 Å². The Morgan fingerprint density at radius 2 is 1.73 bits per heavy atom. The van der Waals surface area contributed by atoms with Crippen LogP contribution in [0.25, 0.3) is 10.9 Å². The van der Waals surface area contributed by atoms with Gasteiger partial charge in [-0.15, -0.1) is 0 Å². The maximum absolute atomic E-state index is 5.80. The van der Waals surface area contributed by atoms with Crippen LogP contribution in [0.15, 0.2) is 12.3 Å². The number of aromatic nitrogens is 3. The van der Waals surface area contributed by atoms with E-state index < -0.39 is 0 Å². The van der Waals surface area contributed by atoms with Crippen LogP contribution in [0.2, 0.25) is 15.6 Å². The highest BCUT2D eigenvalue weighted by Gasteiger charge is 2.05. The molecule has 2 heterocycles. The number of rotatable bonds is 0. The highest BCUT2D eigenvalue weighted by molar-refractivity contribution is 6.36. The summed E-state index contributed by atoms with van der Waals surface area (Å²) in [6.45, 7) is 4.00. The molecule has 15 heavy (non-hydrogen) atoms. The lowest BCUT2D eigenvalue weighted by Gasteiger charge is -1.98. The van der Waals surface area contributed by atoms with Gasteiger partial charge in [-0.3, -0.25) is 0 Å². The summed E-state index contributed by atoms with van der Waals surface area (Å²) >= 11 is 17.1. The molecular weight excluding hydrogens is 256 g/mol. The van der Waals surface area contributed by atoms with Crippen LogP contribution < -0.4 is 0 Å². The zero-order valence-corrected chi connectivity index (χ0v) is 10.4. The monoisotopic (exact) mass is 263 g/mol. The number of fused-ring (bicyclic) bond motifs is 1. The zero-order valence-electron chi connectivity index (χ0n) is 8.13. The third-order valence-corrected chi connectivity index (χ3v) is 2.14. The molecule has 0 saturated carbocycles. The number of hydrogen-bond acceptors (Lipinski definition) is 3. The smallest absolute Gasteiger partial charge is 0.224 e. The van der Waals surface area contributed by atoms with Crippen molar-refractivity contribution in [2.24, 2.45) is 0 Å². The van der Waals surface area contributed by atoms with Gasteiger partial charge in [0.1, 0.15) is 10.3 Å². The Morgan fingerprint density at radius 1 is 1.07 bits per heavy atom. The van der Waals surface area contributed by atoms with Crippen molar-refractivity contribution in [1.82, 2.24) is 15.0 Å². The molecule has 0 saturated heterocycles. The van der Waals surface area contributed by atoms with Crippen molar-refractivity contribution < 1.29 is 0 Å². The maximum atomic E-state index is 5.80. The molecule has 2 aromatic heterocycles. The third-order valence-electron chi connectivity index (χ3n) is 1.47. The van der Waals surface area contributed by atoms with E-state index in [2.05, 4.69) is 15.0 Å². The molecule has 0 amide bonds. The van der Waals surface area contributed by atoms with Gasteiger partial charge in [0.25, 0.3) is 0 Å². The van der Waals surface area contributed by atoms with Gasteiger partial charge in [0.15, 0.2) is 0 Å². The fourth-order valence-electron chi connectivity index (χ4n) is 0.937. The van der Waals surface area contributed by atoms with Crippen molar-refractivity contribution >= 4 is 45.7 Å². The number of nitrogens with zero attached hydrogens (tertiary/aromatic N) is 3. The van der Waals surface area contributed by atoms with Gasteiger partial charge in [0.2, 0.25) is 5.28 Å². The fourth-order valence-corrected chi connectivity index (χ4v) is 1.53. The van der Waals surface area contributed by atoms with Crippen LogP contribution in [0, 0.1) is 0 Å². The second-order valence-electron chi connectivity index (χ2n) is 2.31. The van der Waals surface area contributed by atoms with Gasteiger partial charge in [-0.25, -0.2) is 15.0 Å². The minimum Gasteiger partial charge on any atom is -0.244 e. The first-order valence-electron chi connectivity index (χ1n) is 4.31. The first-order chi connectivity index (χ1) is 7.16. The predicted molar refractivity (Wildman–Crippen MR) is 63.7 cm³/mol. The second-order valence-corrected chi connectivity index (χ2v) is 3.39. The molecule has 0 radical (unpaired) electrons. The van der Waals surface area contributed by atoms with Crippen molar-refractivity contribution in [2.75, 3.05) is 0 Å². The molecule has 0 atom stereocenters. The Kier molecular flexibility index (Phi) is 4.51. The van der Waals surface area contributed by atoms with Crippen LogP contribution in [-0.2, 0) is 0 Å². The molecule has 0 aliphatic carbocycles. The summed E-state index contributed by atoms with van der Waals surface area (Å²) in [7, 11) is 0. The zero-order chi connectivity index (χ0) is 11.4. The maximum Gasteiger partial charge on any atom is 0.224 e.